The van der Waals surface area contributed by atoms with E-state index in [1.165, 1.54) is 0 Å². The standard InChI is InChI=1S/C18H21Cl2N5/c1-11-9-16(21-7-8-24(3)4)25-18(22-11)17(12(2)23-25)14-6-5-13(19)10-15(14)20/h5-6,9-10,21H,7-8H2,1-4H3. The molecule has 0 fully saturated rings. The van der Waals surface area contributed by atoms with Crippen molar-refractivity contribution in [3.05, 3.63) is 45.7 Å². The quantitative estimate of drug-likeness (QED) is 0.719. The predicted molar refractivity (Wildman–Crippen MR) is 105 cm³/mol. The molecule has 0 unspecified atom stereocenters. The molecule has 1 N–H and O–H groups in total. The molecule has 2 heterocycles. The van der Waals surface area contributed by atoms with Gasteiger partial charge in [0.25, 0.3) is 0 Å². The van der Waals surface area contributed by atoms with Crippen LogP contribution >= 0.6 is 23.2 Å². The summed E-state index contributed by atoms with van der Waals surface area (Å²) in [6, 6.07) is 7.49. The van der Waals surface area contributed by atoms with Crippen LogP contribution in [0.25, 0.3) is 16.8 Å². The molecule has 0 radical (unpaired) electrons. The number of aryl methyl sites for hydroxylation is 2. The van der Waals surface area contributed by atoms with Crippen LogP contribution in [-0.4, -0.2) is 46.7 Å². The van der Waals surface area contributed by atoms with E-state index in [2.05, 4.69) is 15.3 Å². The molecule has 0 bridgehead atoms. The van der Waals surface area contributed by atoms with Crippen molar-refractivity contribution in [2.45, 2.75) is 13.8 Å². The Balaban J connectivity index is 2.12. The summed E-state index contributed by atoms with van der Waals surface area (Å²) in [6.45, 7) is 5.70. The number of aromatic nitrogens is 3. The number of likely N-dealkylation sites (N-methyl/N-ethyl adjacent to an activating group) is 1. The first-order valence-electron chi connectivity index (χ1n) is 8.08. The molecule has 3 aromatic rings. The van der Waals surface area contributed by atoms with E-state index < -0.39 is 0 Å². The van der Waals surface area contributed by atoms with Crippen LogP contribution in [-0.2, 0) is 0 Å². The second-order valence-electron chi connectivity index (χ2n) is 6.33. The monoisotopic (exact) mass is 377 g/mol. The molecule has 0 aliphatic carbocycles. The van der Waals surface area contributed by atoms with Crippen LogP contribution in [0.3, 0.4) is 0 Å². The molecule has 7 heteroatoms. The van der Waals surface area contributed by atoms with Crippen molar-refractivity contribution >= 4 is 34.7 Å². The highest BCUT2D eigenvalue weighted by atomic mass is 35.5. The van der Waals surface area contributed by atoms with Crippen molar-refractivity contribution in [2.24, 2.45) is 0 Å². The maximum absolute atomic E-state index is 6.42. The van der Waals surface area contributed by atoms with Gasteiger partial charge in [-0.3, -0.25) is 0 Å². The summed E-state index contributed by atoms with van der Waals surface area (Å²) < 4.78 is 1.85. The number of rotatable bonds is 5. The molecule has 2 aromatic heterocycles. The zero-order chi connectivity index (χ0) is 18.1. The minimum Gasteiger partial charge on any atom is -0.369 e. The SMILES string of the molecule is Cc1cc(NCCN(C)C)n2nc(C)c(-c3ccc(Cl)cc3Cl)c2n1. The number of anilines is 1. The summed E-state index contributed by atoms with van der Waals surface area (Å²) in [4.78, 5) is 6.83. The Hall–Kier alpha value is -1.82. The minimum absolute atomic E-state index is 0.593. The maximum atomic E-state index is 6.42. The first-order valence-corrected chi connectivity index (χ1v) is 8.83. The van der Waals surface area contributed by atoms with Crippen LogP contribution < -0.4 is 5.32 Å². The lowest BCUT2D eigenvalue weighted by Crippen LogP contribution is -2.21. The molecule has 0 saturated heterocycles. The zero-order valence-corrected chi connectivity index (χ0v) is 16.3. The summed E-state index contributed by atoms with van der Waals surface area (Å²) in [5.41, 5.74) is 4.40. The summed E-state index contributed by atoms with van der Waals surface area (Å²) in [5, 5.41) is 9.32. The summed E-state index contributed by atoms with van der Waals surface area (Å²) in [7, 11) is 4.10. The van der Waals surface area contributed by atoms with Gasteiger partial charge < -0.3 is 10.2 Å². The van der Waals surface area contributed by atoms with Gasteiger partial charge in [-0.15, -0.1) is 0 Å². The molecule has 132 valence electrons. The van der Waals surface area contributed by atoms with Crippen molar-refractivity contribution < 1.29 is 0 Å². The fourth-order valence-electron chi connectivity index (χ4n) is 2.79. The number of hydrogen-bond acceptors (Lipinski definition) is 4. The molecule has 0 saturated carbocycles. The van der Waals surface area contributed by atoms with E-state index in [4.69, 9.17) is 28.2 Å². The van der Waals surface area contributed by atoms with Crippen LogP contribution in [0.15, 0.2) is 24.3 Å². The van der Waals surface area contributed by atoms with Crippen molar-refractivity contribution in [3.8, 4) is 11.1 Å². The number of halogens is 2. The number of nitrogens with one attached hydrogen (secondary N) is 1. The Bertz CT molecular complexity index is 917. The Morgan fingerprint density at radius 3 is 2.60 bits per heavy atom. The molecule has 0 aliphatic heterocycles. The van der Waals surface area contributed by atoms with E-state index in [9.17, 15) is 0 Å². The summed E-state index contributed by atoms with van der Waals surface area (Å²) in [5.74, 6) is 0.920. The van der Waals surface area contributed by atoms with Gasteiger partial charge in [0, 0.05) is 35.4 Å². The van der Waals surface area contributed by atoms with Gasteiger partial charge in [-0.1, -0.05) is 29.3 Å². The number of nitrogens with zero attached hydrogens (tertiary/aromatic N) is 4. The average Bonchev–Trinajstić information content (AvgIpc) is 2.83. The second kappa shape index (κ2) is 7.20. The van der Waals surface area contributed by atoms with Gasteiger partial charge in [0.15, 0.2) is 5.65 Å². The van der Waals surface area contributed by atoms with Crippen molar-refractivity contribution in [2.75, 3.05) is 32.5 Å². The van der Waals surface area contributed by atoms with Crippen molar-refractivity contribution in [3.63, 3.8) is 0 Å². The van der Waals surface area contributed by atoms with Crippen LogP contribution in [0.2, 0.25) is 10.0 Å². The lowest BCUT2D eigenvalue weighted by atomic mass is 10.1. The van der Waals surface area contributed by atoms with Gasteiger partial charge >= 0.3 is 0 Å². The first-order chi connectivity index (χ1) is 11.9. The van der Waals surface area contributed by atoms with Gasteiger partial charge in [-0.25, -0.2) is 4.98 Å². The lowest BCUT2D eigenvalue weighted by Gasteiger charge is -2.13. The highest BCUT2D eigenvalue weighted by molar-refractivity contribution is 6.36. The van der Waals surface area contributed by atoms with Crippen LogP contribution in [0, 0.1) is 13.8 Å². The van der Waals surface area contributed by atoms with Gasteiger partial charge in [-0.05, 0) is 40.1 Å². The highest BCUT2D eigenvalue weighted by Crippen LogP contribution is 2.35. The molecule has 3 rings (SSSR count). The molecular formula is C18H21Cl2N5. The summed E-state index contributed by atoms with van der Waals surface area (Å²) >= 11 is 12.5. The van der Waals surface area contributed by atoms with Crippen molar-refractivity contribution in [1.29, 1.82) is 0 Å². The molecule has 0 aliphatic rings. The Morgan fingerprint density at radius 2 is 1.92 bits per heavy atom. The van der Waals surface area contributed by atoms with E-state index in [0.29, 0.717) is 10.0 Å². The third kappa shape index (κ3) is 3.73. The fourth-order valence-corrected chi connectivity index (χ4v) is 3.29. The lowest BCUT2D eigenvalue weighted by molar-refractivity contribution is 0.425. The Kier molecular flexibility index (Phi) is 5.18. The largest absolute Gasteiger partial charge is 0.369 e. The molecule has 25 heavy (non-hydrogen) atoms. The molecule has 5 nitrogen and oxygen atoms in total. The van der Waals surface area contributed by atoms with Crippen LogP contribution in [0.5, 0.6) is 0 Å². The molecule has 0 atom stereocenters. The normalized spacial score (nSPS) is 11.5. The van der Waals surface area contributed by atoms with Gasteiger partial charge in [0.05, 0.1) is 16.3 Å². The van der Waals surface area contributed by atoms with E-state index in [1.54, 1.807) is 6.07 Å². The molecule has 0 spiro atoms. The third-order valence-corrected chi connectivity index (χ3v) is 4.51. The van der Waals surface area contributed by atoms with E-state index in [-0.39, 0.29) is 0 Å². The van der Waals surface area contributed by atoms with Crippen molar-refractivity contribution in [1.82, 2.24) is 19.5 Å². The number of benzene rings is 1. The molecule has 1 aromatic carbocycles. The molecular weight excluding hydrogens is 357 g/mol. The van der Waals surface area contributed by atoms with Crippen LogP contribution in [0.1, 0.15) is 11.4 Å². The maximum Gasteiger partial charge on any atom is 0.165 e. The topological polar surface area (TPSA) is 45.5 Å². The Labute approximate surface area is 157 Å². The number of hydrogen-bond donors (Lipinski definition) is 1. The smallest absolute Gasteiger partial charge is 0.165 e. The zero-order valence-electron chi connectivity index (χ0n) is 14.8. The number of fused-ring (bicyclic) bond motifs is 1. The van der Waals surface area contributed by atoms with Gasteiger partial charge in [0.1, 0.15) is 5.82 Å². The van der Waals surface area contributed by atoms with Crippen LogP contribution in [0.4, 0.5) is 5.82 Å². The molecule has 0 amide bonds. The predicted octanol–water partition coefficient (Wildman–Crippen LogP) is 4.29. The highest BCUT2D eigenvalue weighted by Gasteiger charge is 2.18. The van der Waals surface area contributed by atoms with Gasteiger partial charge in [0.2, 0.25) is 0 Å². The average molecular weight is 378 g/mol. The van der Waals surface area contributed by atoms with E-state index >= 15 is 0 Å². The second-order valence-corrected chi connectivity index (χ2v) is 7.18. The van der Waals surface area contributed by atoms with Gasteiger partial charge in [-0.2, -0.15) is 9.61 Å². The van der Waals surface area contributed by atoms with E-state index in [1.807, 2.05) is 50.7 Å². The Morgan fingerprint density at radius 1 is 1.16 bits per heavy atom. The fraction of sp³-hybridized carbons (Fsp3) is 0.333. The summed E-state index contributed by atoms with van der Waals surface area (Å²) in [6.07, 6.45) is 0. The first kappa shape index (κ1) is 18.0. The van der Waals surface area contributed by atoms with E-state index in [0.717, 1.165) is 47.1 Å². The minimum atomic E-state index is 0.593. The third-order valence-electron chi connectivity index (χ3n) is 3.96.